The van der Waals surface area contributed by atoms with Crippen LogP contribution in [-0.4, -0.2) is 25.7 Å². The van der Waals surface area contributed by atoms with Crippen LogP contribution in [0.2, 0.25) is 0 Å². The van der Waals surface area contributed by atoms with Crippen LogP contribution in [-0.2, 0) is 21.4 Å². The summed E-state index contributed by atoms with van der Waals surface area (Å²) in [5, 5.41) is 3.01. The van der Waals surface area contributed by atoms with Crippen LogP contribution in [0.4, 0.5) is 4.39 Å². The van der Waals surface area contributed by atoms with Crippen LogP contribution in [0.3, 0.4) is 0 Å². The fourth-order valence-corrected chi connectivity index (χ4v) is 3.27. The fraction of sp³-hybridized carbons (Fsp3) is 0.350. The van der Waals surface area contributed by atoms with Gasteiger partial charge in [0.05, 0.1) is 6.42 Å². The van der Waals surface area contributed by atoms with Crippen molar-refractivity contribution >= 4 is 5.91 Å². The number of carbonyl (C=O) groups is 1. The predicted octanol–water partition coefficient (Wildman–Crippen LogP) is 3.23. The fourth-order valence-electron chi connectivity index (χ4n) is 3.27. The molecule has 0 aliphatic carbocycles. The molecule has 2 aromatic carbocycles. The molecule has 0 bridgehead atoms. The lowest BCUT2D eigenvalue weighted by Crippen LogP contribution is -2.45. The zero-order valence-electron chi connectivity index (χ0n) is 13.6. The van der Waals surface area contributed by atoms with Crippen LogP contribution in [0.25, 0.3) is 0 Å². The van der Waals surface area contributed by atoms with Crippen molar-refractivity contribution in [2.45, 2.75) is 24.7 Å². The Morgan fingerprint density at radius 2 is 1.71 bits per heavy atom. The Morgan fingerprint density at radius 3 is 2.42 bits per heavy atom. The minimum Gasteiger partial charge on any atom is -0.381 e. The highest BCUT2D eigenvalue weighted by atomic mass is 19.1. The van der Waals surface area contributed by atoms with Gasteiger partial charge in [0.1, 0.15) is 5.82 Å². The van der Waals surface area contributed by atoms with Crippen LogP contribution < -0.4 is 5.32 Å². The van der Waals surface area contributed by atoms with E-state index in [1.807, 2.05) is 18.2 Å². The molecule has 126 valence electrons. The first kappa shape index (κ1) is 16.7. The smallest absolute Gasteiger partial charge is 0.224 e. The summed E-state index contributed by atoms with van der Waals surface area (Å²) in [6.07, 6.45) is 1.81. The molecule has 0 radical (unpaired) electrons. The van der Waals surface area contributed by atoms with Gasteiger partial charge < -0.3 is 10.1 Å². The van der Waals surface area contributed by atoms with E-state index in [9.17, 15) is 9.18 Å². The maximum absolute atomic E-state index is 13.7. The third-order valence-corrected chi connectivity index (χ3v) is 4.77. The molecule has 0 aromatic heterocycles. The largest absolute Gasteiger partial charge is 0.381 e. The molecule has 2 aromatic rings. The normalized spacial score (nSPS) is 16.5. The van der Waals surface area contributed by atoms with Gasteiger partial charge in [-0.05, 0) is 30.0 Å². The third-order valence-electron chi connectivity index (χ3n) is 4.77. The van der Waals surface area contributed by atoms with Gasteiger partial charge in [0.15, 0.2) is 0 Å². The molecule has 1 saturated heterocycles. The lowest BCUT2D eigenvalue weighted by Gasteiger charge is -2.38. The molecule has 24 heavy (non-hydrogen) atoms. The van der Waals surface area contributed by atoms with E-state index >= 15 is 0 Å². The molecule has 0 unspecified atom stereocenters. The third kappa shape index (κ3) is 3.82. The molecule has 1 fully saturated rings. The average molecular weight is 327 g/mol. The van der Waals surface area contributed by atoms with Gasteiger partial charge in [-0.3, -0.25) is 4.79 Å². The van der Waals surface area contributed by atoms with Crippen LogP contribution in [0.15, 0.2) is 54.6 Å². The summed E-state index contributed by atoms with van der Waals surface area (Å²) < 4.78 is 19.2. The first-order chi connectivity index (χ1) is 11.7. The second kappa shape index (κ2) is 7.58. The zero-order chi connectivity index (χ0) is 16.8. The van der Waals surface area contributed by atoms with Gasteiger partial charge >= 0.3 is 0 Å². The molecule has 3 rings (SSSR count). The summed E-state index contributed by atoms with van der Waals surface area (Å²) in [7, 11) is 0. The predicted molar refractivity (Wildman–Crippen MR) is 91.3 cm³/mol. The molecular weight excluding hydrogens is 305 g/mol. The van der Waals surface area contributed by atoms with Crippen LogP contribution in [0.1, 0.15) is 24.0 Å². The Balaban J connectivity index is 1.68. The second-order valence-electron chi connectivity index (χ2n) is 6.30. The number of carbonyl (C=O) groups excluding carboxylic acids is 1. The first-order valence-corrected chi connectivity index (χ1v) is 8.33. The molecule has 1 heterocycles. The van der Waals surface area contributed by atoms with Crippen molar-refractivity contribution in [2.24, 2.45) is 0 Å². The SMILES string of the molecule is O=C(Cc1ccccc1F)NCC1(c2ccccc2)CCOCC1. The number of ether oxygens (including phenoxy) is 1. The van der Waals surface area contributed by atoms with Gasteiger partial charge in [-0.1, -0.05) is 48.5 Å². The van der Waals surface area contributed by atoms with E-state index in [-0.39, 0.29) is 23.6 Å². The van der Waals surface area contributed by atoms with Gasteiger partial charge in [-0.15, -0.1) is 0 Å². The van der Waals surface area contributed by atoms with Crippen molar-refractivity contribution in [3.8, 4) is 0 Å². The van der Waals surface area contributed by atoms with Gasteiger partial charge in [0.2, 0.25) is 5.91 Å². The van der Waals surface area contributed by atoms with Gasteiger partial charge in [0, 0.05) is 25.2 Å². The van der Waals surface area contributed by atoms with Gasteiger partial charge in [-0.25, -0.2) is 4.39 Å². The summed E-state index contributed by atoms with van der Waals surface area (Å²) in [6.45, 7) is 1.93. The lowest BCUT2D eigenvalue weighted by molar-refractivity contribution is -0.121. The summed E-state index contributed by atoms with van der Waals surface area (Å²) >= 11 is 0. The second-order valence-corrected chi connectivity index (χ2v) is 6.30. The summed E-state index contributed by atoms with van der Waals surface area (Å²) in [5.74, 6) is -0.488. The molecule has 0 spiro atoms. The quantitative estimate of drug-likeness (QED) is 0.915. The minimum atomic E-state index is -0.337. The summed E-state index contributed by atoms with van der Waals surface area (Å²) in [5.41, 5.74) is 1.54. The number of hydrogen-bond donors (Lipinski definition) is 1. The molecular formula is C20H22FNO2. The highest BCUT2D eigenvalue weighted by molar-refractivity contribution is 5.78. The molecule has 4 heteroatoms. The monoisotopic (exact) mass is 327 g/mol. The minimum absolute atomic E-state index is 0.0635. The highest BCUT2D eigenvalue weighted by Crippen LogP contribution is 2.34. The van der Waals surface area contributed by atoms with Crippen molar-refractivity contribution < 1.29 is 13.9 Å². The molecule has 0 saturated carbocycles. The number of halogens is 1. The van der Waals surface area contributed by atoms with Gasteiger partial charge in [0.25, 0.3) is 0 Å². The standard InChI is InChI=1S/C20H22FNO2/c21-18-9-5-4-6-16(18)14-19(23)22-15-20(10-12-24-13-11-20)17-7-2-1-3-8-17/h1-9H,10-15H2,(H,22,23). The van der Waals surface area contributed by atoms with Crippen molar-refractivity contribution in [1.29, 1.82) is 0 Å². The average Bonchev–Trinajstić information content (AvgIpc) is 2.63. The maximum Gasteiger partial charge on any atom is 0.224 e. The van der Waals surface area contributed by atoms with E-state index < -0.39 is 0 Å². The van der Waals surface area contributed by atoms with Crippen molar-refractivity contribution in [2.75, 3.05) is 19.8 Å². The van der Waals surface area contributed by atoms with Crippen molar-refractivity contribution in [3.63, 3.8) is 0 Å². The maximum atomic E-state index is 13.7. The number of benzene rings is 2. The molecule has 1 aliphatic rings. The first-order valence-electron chi connectivity index (χ1n) is 8.33. The Morgan fingerprint density at radius 1 is 1.04 bits per heavy atom. The van der Waals surface area contributed by atoms with Crippen LogP contribution >= 0.6 is 0 Å². The Kier molecular flexibility index (Phi) is 5.26. The Bertz CT molecular complexity index is 681. The van der Waals surface area contributed by atoms with E-state index in [0.29, 0.717) is 25.3 Å². The van der Waals surface area contributed by atoms with E-state index in [1.165, 1.54) is 11.6 Å². The van der Waals surface area contributed by atoms with Gasteiger partial charge in [-0.2, -0.15) is 0 Å². The van der Waals surface area contributed by atoms with E-state index in [1.54, 1.807) is 18.2 Å². The van der Waals surface area contributed by atoms with E-state index in [2.05, 4.69) is 17.4 Å². The van der Waals surface area contributed by atoms with E-state index in [0.717, 1.165) is 12.8 Å². The van der Waals surface area contributed by atoms with Crippen molar-refractivity contribution in [1.82, 2.24) is 5.32 Å². The number of hydrogen-bond acceptors (Lipinski definition) is 2. The molecule has 0 atom stereocenters. The topological polar surface area (TPSA) is 38.3 Å². The summed E-state index contributed by atoms with van der Waals surface area (Å²) in [6, 6.07) is 16.7. The molecule has 1 N–H and O–H groups in total. The number of nitrogens with one attached hydrogen (secondary N) is 1. The Hall–Kier alpha value is -2.20. The number of rotatable bonds is 5. The zero-order valence-corrected chi connectivity index (χ0v) is 13.6. The van der Waals surface area contributed by atoms with Crippen molar-refractivity contribution in [3.05, 3.63) is 71.5 Å². The van der Waals surface area contributed by atoms with Crippen LogP contribution in [0.5, 0.6) is 0 Å². The number of amides is 1. The molecule has 1 aliphatic heterocycles. The molecule has 1 amide bonds. The van der Waals surface area contributed by atoms with E-state index in [4.69, 9.17) is 4.74 Å². The summed E-state index contributed by atoms with van der Waals surface area (Å²) in [4.78, 5) is 12.3. The molecule has 3 nitrogen and oxygen atoms in total. The lowest BCUT2D eigenvalue weighted by atomic mass is 9.74. The van der Waals surface area contributed by atoms with Crippen LogP contribution in [0, 0.1) is 5.82 Å². The highest BCUT2D eigenvalue weighted by Gasteiger charge is 2.34. The Labute approximate surface area is 141 Å².